The molecule has 0 amide bonds. The topological polar surface area (TPSA) is 3.24 Å². The third-order valence-electron chi connectivity index (χ3n) is 18.3. The van der Waals surface area contributed by atoms with Crippen LogP contribution in [-0.4, -0.2) is 0 Å². The fraction of sp³-hybridized carbons (Fsp3) is 0.0789. The van der Waals surface area contributed by atoms with Crippen LogP contribution in [0.25, 0.3) is 87.6 Å². The van der Waals surface area contributed by atoms with Crippen molar-refractivity contribution in [2.45, 2.75) is 37.0 Å². The van der Waals surface area contributed by atoms with E-state index in [4.69, 9.17) is 0 Å². The Morgan fingerprint density at radius 1 is 0.260 bits per heavy atom. The minimum absolute atomic E-state index is 0.0176. The Bertz CT molecular complexity index is 4370. The summed E-state index contributed by atoms with van der Waals surface area (Å²) < 4.78 is 0. The fourth-order valence-corrected chi connectivity index (χ4v) is 15.1. The predicted molar refractivity (Wildman–Crippen MR) is 322 cm³/mol. The van der Waals surface area contributed by atoms with Crippen molar-refractivity contribution in [2.75, 3.05) is 4.90 Å². The zero-order valence-electron chi connectivity index (χ0n) is 43.2. The Balaban J connectivity index is 0.894. The molecular weight excluding hydrogens is 927 g/mol. The van der Waals surface area contributed by atoms with Crippen LogP contribution in [-0.2, 0) is 16.2 Å². The Morgan fingerprint density at radius 2 is 0.610 bits per heavy atom. The molecule has 1 nitrogen and oxygen atoms in total. The molecule has 4 aliphatic rings. The molecule has 0 bridgehead atoms. The van der Waals surface area contributed by atoms with E-state index in [0.717, 1.165) is 17.1 Å². The normalized spacial score (nSPS) is 14.4. The van der Waals surface area contributed by atoms with Crippen LogP contribution >= 0.6 is 0 Å². The molecule has 0 radical (unpaired) electrons. The van der Waals surface area contributed by atoms with Gasteiger partial charge in [-0.05, 0) is 204 Å². The average molecular weight is 978 g/mol. The number of rotatable bonds is 3. The summed E-state index contributed by atoms with van der Waals surface area (Å²) in [6.07, 6.45) is 0. The molecule has 0 saturated heterocycles. The standard InChI is InChI=1S/C76H51N/c1-74(2,3)52-30-32-53(33-31-52)77(54-34-38-56-50(40-54)28-36-62-64-42-46-16-4-6-18-48(46)44-70(64)75(72(56)62)66-24-12-8-20-58(66)59-21-9-13-25-67(59)75)55-35-39-57-51(41-55)29-37-63-65-43-47-17-5-7-19-49(47)45-71(65)76(73(57)63)68-26-14-10-22-60(68)61-23-11-15-27-69(61)76/h4-45H,1-3H3. The van der Waals surface area contributed by atoms with E-state index in [1.54, 1.807) is 0 Å². The molecule has 17 rings (SSSR count). The Morgan fingerprint density at radius 3 is 1.00 bits per heavy atom. The molecule has 13 aromatic carbocycles. The van der Waals surface area contributed by atoms with Gasteiger partial charge < -0.3 is 4.90 Å². The molecular formula is C76H51N. The van der Waals surface area contributed by atoms with E-state index >= 15 is 0 Å². The van der Waals surface area contributed by atoms with Crippen LogP contribution in [0.2, 0.25) is 0 Å². The molecule has 0 N–H and O–H groups in total. The lowest BCUT2D eigenvalue weighted by molar-refractivity contribution is 0.590. The summed E-state index contributed by atoms with van der Waals surface area (Å²) in [6.45, 7) is 6.90. The average Bonchev–Trinajstić information content (AvgIpc) is 3.92. The van der Waals surface area contributed by atoms with Gasteiger partial charge in [0, 0.05) is 17.1 Å². The highest BCUT2D eigenvalue weighted by Gasteiger charge is 2.54. The number of fused-ring (bicyclic) bond motifs is 26. The van der Waals surface area contributed by atoms with E-state index < -0.39 is 10.8 Å². The van der Waals surface area contributed by atoms with Gasteiger partial charge in [-0.2, -0.15) is 0 Å². The molecule has 77 heavy (non-hydrogen) atoms. The SMILES string of the molecule is CC(C)(C)c1ccc(N(c2ccc3c4c(ccc3c2)-c2cc3ccccc3cc2C42c3ccccc3-c3ccccc32)c2ccc3c4c(ccc3c2)-c2cc3ccccc3cc2C42c3ccccc3-c3ccccc32)cc1. The summed E-state index contributed by atoms with van der Waals surface area (Å²) >= 11 is 0. The Labute approximate surface area is 449 Å². The van der Waals surface area contributed by atoms with Crippen LogP contribution in [0.5, 0.6) is 0 Å². The molecule has 13 aromatic rings. The van der Waals surface area contributed by atoms with E-state index in [0.29, 0.717) is 0 Å². The Hall–Kier alpha value is -9.30. The highest BCUT2D eigenvalue weighted by Crippen LogP contribution is 2.66. The molecule has 1 heteroatoms. The molecule has 0 heterocycles. The van der Waals surface area contributed by atoms with Gasteiger partial charge in [-0.1, -0.05) is 215 Å². The highest BCUT2D eigenvalue weighted by atomic mass is 15.1. The lowest BCUT2D eigenvalue weighted by Crippen LogP contribution is -2.26. The predicted octanol–water partition coefficient (Wildman–Crippen LogP) is 19.8. The number of anilines is 3. The first-order valence-corrected chi connectivity index (χ1v) is 27.3. The first-order chi connectivity index (χ1) is 37.8. The maximum Gasteiger partial charge on any atom is 0.0731 e. The fourth-order valence-electron chi connectivity index (χ4n) is 15.1. The van der Waals surface area contributed by atoms with Crippen LogP contribution in [0.4, 0.5) is 17.1 Å². The van der Waals surface area contributed by atoms with Gasteiger partial charge in [-0.25, -0.2) is 0 Å². The molecule has 0 aliphatic heterocycles. The van der Waals surface area contributed by atoms with Gasteiger partial charge in [-0.15, -0.1) is 0 Å². The monoisotopic (exact) mass is 977 g/mol. The zero-order chi connectivity index (χ0) is 50.9. The summed E-state index contributed by atoms with van der Waals surface area (Å²) in [5.41, 5.74) is 25.2. The van der Waals surface area contributed by atoms with Crippen molar-refractivity contribution in [3.8, 4) is 44.5 Å². The second-order valence-electron chi connectivity index (χ2n) is 23.1. The van der Waals surface area contributed by atoms with Crippen LogP contribution in [0.15, 0.2) is 255 Å². The van der Waals surface area contributed by atoms with Crippen molar-refractivity contribution in [3.63, 3.8) is 0 Å². The van der Waals surface area contributed by atoms with E-state index in [2.05, 4.69) is 280 Å². The van der Waals surface area contributed by atoms with Gasteiger partial charge in [0.05, 0.1) is 10.8 Å². The van der Waals surface area contributed by atoms with Gasteiger partial charge >= 0.3 is 0 Å². The molecule has 0 saturated carbocycles. The molecule has 0 atom stereocenters. The largest absolute Gasteiger partial charge is 0.310 e. The summed E-state index contributed by atoms with van der Waals surface area (Å²) in [5.74, 6) is 0. The van der Waals surface area contributed by atoms with E-state index in [-0.39, 0.29) is 5.41 Å². The highest BCUT2D eigenvalue weighted by molar-refractivity contribution is 6.09. The van der Waals surface area contributed by atoms with Crippen molar-refractivity contribution in [3.05, 3.63) is 305 Å². The summed E-state index contributed by atoms with van der Waals surface area (Å²) in [5, 5.41) is 10.1. The second-order valence-corrected chi connectivity index (χ2v) is 23.1. The molecule has 4 aliphatic carbocycles. The Kier molecular flexibility index (Phi) is 8.48. The third kappa shape index (κ3) is 5.53. The molecule has 0 fully saturated rings. The van der Waals surface area contributed by atoms with E-state index in [1.165, 1.54) is 138 Å². The van der Waals surface area contributed by atoms with Gasteiger partial charge in [0.25, 0.3) is 0 Å². The van der Waals surface area contributed by atoms with E-state index in [1.807, 2.05) is 0 Å². The maximum atomic E-state index is 2.49. The van der Waals surface area contributed by atoms with Crippen molar-refractivity contribution in [2.24, 2.45) is 0 Å². The van der Waals surface area contributed by atoms with E-state index in [9.17, 15) is 0 Å². The number of nitrogens with zero attached hydrogens (tertiary/aromatic N) is 1. The third-order valence-corrected chi connectivity index (χ3v) is 18.3. The zero-order valence-corrected chi connectivity index (χ0v) is 43.2. The number of hydrogen-bond donors (Lipinski definition) is 0. The van der Waals surface area contributed by atoms with Gasteiger partial charge in [0.1, 0.15) is 0 Å². The van der Waals surface area contributed by atoms with Crippen LogP contribution < -0.4 is 4.90 Å². The summed E-state index contributed by atoms with van der Waals surface area (Å²) in [6, 6.07) is 97.7. The summed E-state index contributed by atoms with van der Waals surface area (Å²) in [4.78, 5) is 2.49. The van der Waals surface area contributed by atoms with Crippen molar-refractivity contribution in [1.82, 2.24) is 0 Å². The molecule has 360 valence electrons. The van der Waals surface area contributed by atoms with Crippen molar-refractivity contribution >= 4 is 60.2 Å². The molecule has 0 unspecified atom stereocenters. The first-order valence-electron chi connectivity index (χ1n) is 27.3. The van der Waals surface area contributed by atoms with Gasteiger partial charge in [-0.3, -0.25) is 0 Å². The smallest absolute Gasteiger partial charge is 0.0731 e. The van der Waals surface area contributed by atoms with Crippen molar-refractivity contribution in [1.29, 1.82) is 0 Å². The number of hydrogen-bond acceptors (Lipinski definition) is 1. The lowest BCUT2D eigenvalue weighted by Gasteiger charge is -2.32. The second kappa shape index (κ2) is 15.2. The minimum Gasteiger partial charge on any atom is -0.310 e. The van der Waals surface area contributed by atoms with Gasteiger partial charge in [0.2, 0.25) is 0 Å². The van der Waals surface area contributed by atoms with Crippen LogP contribution in [0, 0.1) is 0 Å². The molecule has 0 aromatic heterocycles. The van der Waals surface area contributed by atoms with Crippen LogP contribution in [0.1, 0.15) is 70.8 Å². The van der Waals surface area contributed by atoms with Gasteiger partial charge in [0.15, 0.2) is 0 Å². The van der Waals surface area contributed by atoms with Crippen molar-refractivity contribution < 1.29 is 0 Å². The van der Waals surface area contributed by atoms with Crippen LogP contribution in [0.3, 0.4) is 0 Å². The lowest BCUT2D eigenvalue weighted by atomic mass is 9.69. The number of benzene rings is 13. The first kappa shape index (κ1) is 43.0. The summed E-state index contributed by atoms with van der Waals surface area (Å²) in [7, 11) is 0. The maximum absolute atomic E-state index is 2.49. The minimum atomic E-state index is -0.478. The quantitative estimate of drug-likeness (QED) is 0.171. The molecule has 2 spiro atoms.